The Bertz CT molecular complexity index is 540. The van der Waals surface area contributed by atoms with Crippen molar-refractivity contribution in [2.75, 3.05) is 20.3 Å². The lowest BCUT2D eigenvalue weighted by Gasteiger charge is -2.27. The molecule has 1 aromatic carbocycles. The monoisotopic (exact) mass is 319 g/mol. The minimum Gasteiger partial charge on any atom is -0.493 e. The van der Waals surface area contributed by atoms with Gasteiger partial charge >= 0.3 is 0 Å². The molecule has 2 rings (SSSR count). The molecule has 0 spiro atoms. The Kier molecular flexibility index (Phi) is 6.26. The summed E-state index contributed by atoms with van der Waals surface area (Å²) in [4.78, 5) is 0. The van der Waals surface area contributed by atoms with Crippen LogP contribution >= 0.6 is 0 Å². The zero-order valence-corrected chi connectivity index (χ0v) is 13.6. The number of ether oxygens (including phenoxy) is 2. The summed E-state index contributed by atoms with van der Waals surface area (Å²) in [7, 11) is 1.59. The van der Waals surface area contributed by atoms with E-state index in [4.69, 9.17) is 9.47 Å². The van der Waals surface area contributed by atoms with Gasteiger partial charge in [0, 0.05) is 13.2 Å². The van der Waals surface area contributed by atoms with Crippen LogP contribution in [0.3, 0.4) is 0 Å². The van der Waals surface area contributed by atoms with Crippen molar-refractivity contribution >= 4 is 0 Å². The molecule has 5 heteroatoms. The Morgan fingerprint density at radius 2 is 1.83 bits per heavy atom. The molecule has 0 saturated heterocycles. The molecule has 1 aliphatic carbocycles. The summed E-state index contributed by atoms with van der Waals surface area (Å²) in [6.45, 7) is -0.225. The molecule has 0 heterocycles. The molecule has 0 aliphatic heterocycles. The maximum Gasteiger partial charge on any atom is 0.161 e. The number of aliphatic hydroxyl groups excluding tert-OH is 2. The molecule has 1 aliphatic rings. The number of benzene rings is 1. The maximum absolute atomic E-state index is 9.65. The molecule has 1 saturated carbocycles. The summed E-state index contributed by atoms with van der Waals surface area (Å²) in [5, 5.41) is 28.3. The molecule has 0 radical (unpaired) electrons. The lowest BCUT2D eigenvalue weighted by Crippen LogP contribution is -2.27. The predicted molar refractivity (Wildman–Crippen MR) is 86.6 cm³/mol. The van der Waals surface area contributed by atoms with Gasteiger partial charge in [-0.2, -0.15) is 5.26 Å². The van der Waals surface area contributed by atoms with Crippen molar-refractivity contribution in [3.8, 4) is 17.6 Å². The Labute approximate surface area is 137 Å². The highest BCUT2D eigenvalue weighted by Gasteiger charge is 2.32. The zero-order chi connectivity index (χ0) is 16.7. The fourth-order valence-electron chi connectivity index (χ4n) is 3.22. The Balaban J connectivity index is 2.35. The third-order valence-corrected chi connectivity index (χ3v) is 4.60. The second kappa shape index (κ2) is 8.19. The smallest absolute Gasteiger partial charge is 0.161 e. The van der Waals surface area contributed by atoms with Crippen molar-refractivity contribution in [2.24, 2.45) is 0 Å². The largest absolute Gasteiger partial charge is 0.493 e. The summed E-state index contributed by atoms with van der Waals surface area (Å²) in [5.41, 5.74) is -0.166. The number of hydrogen-bond donors (Lipinski definition) is 2. The molecular formula is C18H25NO4. The van der Waals surface area contributed by atoms with Crippen molar-refractivity contribution in [2.45, 2.75) is 50.0 Å². The Hall–Kier alpha value is -1.77. The summed E-state index contributed by atoms with van der Waals surface area (Å²) < 4.78 is 11.4. The van der Waals surface area contributed by atoms with E-state index < -0.39 is 5.41 Å². The fraction of sp³-hybridized carbons (Fsp3) is 0.611. The first-order chi connectivity index (χ1) is 11.2. The first-order valence-corrected chi connectivity index (χ1v) is 8.17. The van der Waals surface area contributed by atoms with Crippen LogP contribution < -0.4 is 9.47 Å². The van der Waals surface area contributed by atoms with E-state index in [0.717, 1.165) is 18.4 Å². The highest BCUT2D eigenvalue weighted by atomic mass is 16.5. The normalized spacial score (nSPS) is 15.4. The van der Waals surface area contributed by atoms with E-state index in [-0.39, 0.29) is 32.2 Å². The lowest BCUT2D eigenvalue weighted by molar-refractivity contribution is 0.198. The van der Waals surface area contributed by atoms with Crippen LogP contribution in [0.5, 0.6) is 11.5 Å². The van der Waals surface area contributed by atoms with Crippen LogP contribution in [0.15, 0.2) is 18.2 Å². The number of methoxy groups -OCH3 is 1. The maximum atomic E-state index is 9.65. The second-order valence-corrected chi connectivity index (χ2v) is 6.03. The van der Waals surface area contributed by atoms with Gasteiger partial charge in [0.25, 0.3) is 0 Å². The molecule has 0 aromatic heterocycles. The molecule has 23 heavy (non-hydrogen) atoms. The molecule has 2 N–H and O–H groups in total. The zero-order valence-electron chi connectivity index (χ0n) is 13.6. The van der Waals surface area contributed by atoms with Gasteiger partial charge in [0.2, 0.25) is 0 Å². The van der Waals surface area contributed by atoms with Gasteiger partial charge in [-0.05, 0) is 56.2 Å². The van der Waals surface area contributed by atoms with E-state index in [1.54, 1.807) is 13.2 Å². The molecule has 0 amide bonds. The van der Waals surface area contributed by atoms with Crippen LogP contribution in [-0.2, 0) is 5.41 Å². The van der Waals surface area contributed by atoms with E-state index in [0.29, 0.717) is 11.5 Å². The quantitative estimate of drug-likeness (QED) is 0.769. The van der Waals surface area contributed by atoms with Gasteiger partial charge in [-0.3, -0.25) is 0 Å². The standard InChI is InChI=1S/C18H25NO4/c1-22-16-7-6-14(18(13-19,8-10-20)9-11-21)12-17(16)23-15-4-2-3-5-15/h6-7,12,15,20-21H,2-5,8-11H2,1H3. The highest BCUT2D eigenvalue weighted by molar-refractivity contribution is 5.47. The fourth-order valence-corrected chi connectivity index (χ4v) is 3.22. The molecule has 0 unspecified atom stereocenters. The third kappa shape index (κ3) is 3.95. The third-order valence-electron chi connectivity index (χ3n) is 4.60. The van der Waals surface area contributed by atoms with Crippen molar-refractivity contribution < 1.29 is 19.7 Å². The van der Waals surface area contributed by atoms with Crippen molar-refractivity contribution in [3.05, 3.63) is 23.8 Å². The van der Waals surface area contributed by atoms with E-state index >= 15 is 0 Å². The van der Waals surface area contributed by atoms with Gasteiger partial charge < -0.3 is 19.7 Å². The summed E-state index contributed by atoms with van der Waals surface area (Å²) in [6, 6.07) is 7.71. The van der Waals surface area contributed by atoms with E-state index in [2.05, 4.69) is 6.07 Å². The summed E-state index contributed by atoms with van der Waals surface area (Å²) >= 11 is 0. The van der Waals surface area contributed by atoms with Gasteiger partial charge in [0.05, 0.1) is 24.7 Å². The summed E-state index contributed by atoms with van der Waals surface area (Å²) in [5.74, 6) is 1.27. The van der Waals surface area contributed by atoms with Crippen LogP contribution in [0.25, 0.3) is 0 Å². The van der Waals surface area contributed by atoms with E-state index in [1.165, 1.54) is 12.8 Å². The summed E-state index contributed by atoms with van der Waals surface area (Å²) in [6.07, 6.45) is 5.15. The van der Waals surface area contributed by atoms with Crippen LogP contribution in [-0.4, -0.2) is 36.6 Å². The molecule has 1 fully saturated rings. The average molecular weight is 319 g/mol. The molecule has 0 atom stereocenters. The first kappa shape index (κ1) is 17.6. The van der Waals surface area contributed by atoms with Crippen molar-refractivity contribution in [1.82, 2.24) is 0 Å². The van der Waals surface area contributed by atoms with Crippen LogP contribution in [0, 0.1) is 11.3 Å². The number of rotatable bonds is 8. The molecule has 0 bridgehead atoms. The Morgan fingerprint density at radius 3 is 2.35 bits per heavy atom. The Morgan fingerprint density at radius 1 is 1.17 bits per heavy atom. The van der Waals surface area contributed by atoms with Gasteiger partial charge in [0.1, 0.15) is 0 Å². The van der Waals surface area contributed by atoms with Crippen LogP contribution in [0.1, 0.15) is 44.1 Å². The topological polar surface area (TPSA) is 82.7 Å². The van der Waals surface area contributed by atoms with Crippen LogP contribution in [0.2, 0.25) is 0 Å². The van der Waals surface area contributed by atoms with E-state index in [9.17, 15) is 15.5 Å². The van der Waals surface area contributed by atoms with Gasteiger partial charge in [0.15, 0.2) is 11.5 Å². The lowest BCUT2D eigenvalue weighted by atomic mass is 9.76. The predicted octanol–water partition coefficient (Wildman–Crippen LogP) is 2.54. The van der Waals surface area contributed by atoms with E-state index in [1.807, 2.05) is 12.1 Å². The second-order valence-electron chi connectivity index (χ2n) is 6.03. The van der Waals surface area contributed by atoms with Gasteiger partial charge in [-0.1, -0.05) is 6.07 Å². The number of nitriles is 1. The van der Waals surface area contributed by atoms with Crippen LogP contribution in [0.4, 0.5) is 0 Å². The molecule has 1 aromatic rings. The molecule has 5 nitrogen and oxygen atoms in total. The van der Waals surface area contributed by atoms with Gasteiger partial charge in [-0.15, -0.1) is 0 Å². The van der Waals surface area contributed by atoms with Crippen molar-refractivity contribution in [1.29, 1.82) is 5.26 Å². The SMILES string of the molecule is COc1ccc(C(C#N)(CCO)CCO)cc1OC1CCCC1. The molecular weight excluding hydrogens is 294 g/mol. The van der Waals surface area contributed by atoms with Crippen molar-refractivity contribution in [3.63, 3.8) is 0 Å². The molecule has 126 valence electrons. The minimum atomic E-state index is -0.913. The first-order valence-electron chi connectivity index (χ1n) is 8.17. The highest BCUT2D eigenvalue weighted by Crippen LogP contribution is 2.38. The minimum absolute atomic E-state index is 0.113. The van der Waals surface area contributed by atoms with Gasteiger partial charge in [-0.25, -0.2) is 0 Å². The average Bonchev–Trinajstić information content (AvgIpc) is 3.07. The number of hydrogen-bond acceptors (Lipinski definition) is 5. The number of aliphatic hydroxyl groups is 2. The number of nitrogens with zero attached hydrogens (tertiary/aromatic N) is 1.